The second-order valence-corrected chi connectivity index (χ2v) is 6.77. The summed E-state index contributed by atoms with van der Waals surface area (Å²) >= 11 is 0. The van der Waals surface area contributed by atoms with Gasteiger partial charge in [-0.2, -0.15) is 4.98 Å². The third-order valence-corrected chi connectivity index (χ3v) is 4.31. The number of rotatable bonds is 8. The van der Waals surface area contributed by atoms with E-state index in [9.17, 15) is 4.79 Å². The molecule has 0 aliphatic rings. The fourth-order valence-electron chi connectivity index (χ4n) is 2.71. The van der Waals surface area contributed by atoms with Crippen LogP contribution in [-0.2, 0) is 0 Å². The van der Waals surface area contributed by atoms with Gasteiger partial charge >= 0.3 is 0 Å². The van der Waals surface area contributed by atoms with Gasteiger partial charge in [-0.15, -0.1) is 0 Å². The number of amidine groups is 1. The van der Waals surface area contributed by atoms with E-state index in [1.165, 1.54) is 19.2 Å². The minimum atomic E-state index is -0.663. The van der Waals surface area contributed by atoms with Gasteiger partial charge < -0.3 is 30.6 Å². The summed E-state index contributed by atoms with van der Waals surface area (Å²) in [6, 6.07) is 15.0. The number of hydrogen-bond donors (Lipinski definition) is 3. The van der Waals surface area contributed by atoms with Gasteiger partial charge in [0.25, 0.3) is 0 Å². The molecule has 5 N–H and O–H groups in total. The SMILES string of the molecule is COc1ccc(C(=N)N)cc1Oc1cc(C(N)=O)cc(Oc2cccc(N(C)C)c2)n1. The number of ether oxygens (including phenoxy) is 3. The van der Waals surface area contributed by atoms with Crippen molar-refractivity contribution in [1.82, 2.24) is 4.98 Å². The molecule has 0 unspecified atom stereocenters. The monoisotopic (exact) mass is 421 g/mol. The fourth-order valence-corrected chi connectivity index (χ4v) is 2.71. The average Bonchev–Trinajstić information content (AvgIpc) is 2.73. The predicted octanol–water partition coefficient (Wildman–Crippen LogP) is 3.12. The van der Waals surface area contributed by atoms with Crippen molar-refractivity contribution in [3.05, 3.63) is 65.7 Å². The maximum absolute atomic E-state index is 11.8. The Labute approximate surface area is 179 Å². The number of pyridine rings is 1. The Morgan fingerprint density at radius 3 is 2.26 bits per heavy atom. The van der Waals surface area contributed by atoms with Crippen molar-refractivity contribution in [2.24, 2.45) is 11.5 Å². The van der Waals surface area contributed by atoms with E-state index in [1.807, 2.05) is 37.2 Å². The van der Waals surface area contributed by atoms with Crippen LogP contribution in [0.25, 0.3) is 0 Å². The van der Waals surface area contributed by atoms with Crippen LogP contribution >= 0.6 is 0 Å². The van der Waals surface area contributed by atoms with Crippen LogP contribution in [0.15, 0.2) is 54.6 Å². The van der Waals surface area contributed by atoms with Crippen molar-refractivity contribution in [1.29, 1.82) is 5.41 Å². The second kappa shape index (κ2) is 9.04. The van der Waals surface area contributed by atoms with Gasteiger partial charge in [-0.05, 0) is 30.3 Å². The number of methoxy groups -OCH3 is 1. The summed E-state index contributed by atoms with van der Waals surface area (Å²) < 4.78 is 17.0. The molecule has 0 aliphatic heterocycles. The highest BCUT2D eigenvalue weighted by atomic mass is 16.5. The molecule has 1 aromatic heterocycles. The normalized spacial score (nSPS) is 10.3. The highest BCUT2D eigenvalue weighted by molar-refractivity contribution is 5.95. The standard InChI is InChI=1S/C22H23N5O4/c1-27(2)15-5-4-6-16(12-15)30-19-10-14(22(25)28)11-20(26-19)31-18-9-13(21(23)24)7-8-17(18)29-3/h4-12H,1-3H3,(H3,23,24)(H2,25,28). The first-order valence-corrected chi connectivity index (χ1v) is 9.24. The van der Waals surface area contributed by atoms with Gasteiger partial charge in [0.1, 0.15) is 11.6 Å². The first-order valence-electron chi connectivity index (χ1n) is 9.24. The second-order valence-electron chi connectivity index (χ2n) is 6.77. The Balaban J connectivity index is 1.98. The molecule has 160 valence electrons. The maximum atomic E-state index is 11.8. The third kappa shape index (κ3) is 5.21. The summed E-state index contributed by atoms with van der Waals surface area (Å²) in [5.41, 5.74) is 12.6. The summed E-state index contributed by atoms with van der Waals surface area (Å²) in [6.45, 7) is 0. The summed E-state index contributed by atoms with van der Waals surface area (Å²) in [4.78, 5) is 18.1. The number of carbonyl (C=O) groups is 1. The fraction of sp³-hybridized carbons (Fsp3) is 0.136. The number of carbonyl (C=O) groups excluding carboxylic acids is 1. The summed E-state index contributed by atoms with van der Waals surface area (Å²) in [5.74, 6) is 0.599. The molecule has 2 aromatic carbocycles. The third-order valence-electron chi connectivity index (χ3n) is 4.31. The summed E-state index contributed by atoms with van der Waals surface area (Å²) in [6.07, 6.45) is 0. The van der Waals surface area contributed by atoms with Gasteiger partial charge in [-0.1, -0.05) is 6.07 Å². The molecule has 31 heavy (non-hydrogen) atoms. The van der Waals surface area contributed by atoms with Gasteiger partial charge in [-0.25, -0.2) is 0 Å². The number of aromatic nitrogens is 1. The lowest BCUT2D eigenvalue weighted by atomic mass is 10.2. The number of nitrogens with two attached hydrogens (primary N) is 2. The van der Waals surface area contributed by atoms with E-state index in [0.29, 0.717) is 17.1 Å². The lowest BCUT2D eigenvalue weighted by Gasteiger charge is -2.15. The Hall–Kier alpha value is -4.27. The van der Waals surface area contributed by atoms with Crippen LogP contribution in [0.4, 0.5) is 5.69 Å². The van der Waals surface area contributed by atoms with E-state index in [0.717, 1.165) is 5.69 Å². The van der Waals surface area contributed by atoms with E-state index < -0.39 is 5.91 Å². The van der Waals surface area contributed by atoms with Crippen LogP contribution in [0.2, 0.25) is 0 Å². The molecule has 0 fully saturated rings. The van der Waals surface area contributed by atoms with Gasteiger partial charge in [0.2, 0.25) is 17.7 Å². The number of nitrogens with one attached hydrogen (secondary N) is 1. The zero-order valence-corrected chi connectivity index (χ0v) is 17.4. The number of amides is 1. The van der Waals surface area contributed by atoms with Crippen LogP contribution in [0.1, 0.15) is 15.9 Å². The molecule has 0 radical (unpaired) electrons. The Morgan fingerprint density at radius 2 is 1.65 bits per heavy atom. The zero-order chi connectivity index (χ0) is 22.5. The van der Waals surface area contributed by atoms with Crippen molar-refractivity contribution in [3.8, 4) is 29.0 Å². The number of anilines is 1. The molecule has 0 spiro atoms. The molecular formula is C22H23N5O4. The van der Waals surface area contributed by atoms with E-state index >= 15 is 0 Å². The van der Waals surface area contributed by atoms with Crippen molar-refractivity contribution in [2.75, 3.05) is 26.1 Å². The molecule has 0 bridgehead atoms. The molecule has 0 saturated heterocycles. The predicted molar refractivity (Wildman–Crippen MR) is 118 cm³/mol. The van der Waals surface area contributed by atoms with Crippen molar-refractivity contribution < 1.29 is 19.0 Å². The molecular weight excluding hydrogens is 398 g/mol. The van der Waals surface area contributed by atoms with Gasteiger partial charge in [0, 0.05) is 49.1 Å². The minimum absolute atomic E-state index is 0.0640. The number of hydrogen-bond acceptors (Lipinski definition) is 7. The first-order chi connectivity index (χ1) is 14.8. The van der Waals surface area contributed by atoms with Crippen LogP contribution in [0.5, 0.6) is 29.0 Å². The topological polar surface area (TPSA) is 137 Å². The number of benzene rings is 2. The lowest BCUT2D eigenvalue weighted by molar-refractivity contribution is 0.0999. The quantitative estimate of drug-likeness (QED) is 0.375. The molecule has 3 aromatic rings. The van der Waals surface area contributed by atoms with E-state index in [4.69, 9.17) is 31.1 Å². The average molecular weight is 421 g/mol. The molecule has 0 saturated carbocycles. The summed E-state index contributed by atoms with van der Waals surface area (Å²) in [7, 11) is 5.31. The molecule has 9 nitrogen and oxygen atoms in total. The summed E-state index contributed by atoms with van der Waals surface area (Å²) in [5, 5.41) is 7.62. The Bertz CT molecular complexity index is 1130. The van der Waals surface area contributed by atoms with Crippen molar-refractivity contribution in [3.63, 3.8) is 0 Å². The first kappa shape index (κ1) is 21.4. The van der Waals surface area contributed by atoms with Crippen LogP contribution in [0.3, 0.4) is 0 Å². The van der Waals surface area contributed by atoms with E-state index in [-0.39, 0.29) is 28.9 Å². The van der Waals surface area contributed by atoms with E-state index in [2.05, 4.69) is 4.98 Å². The zero-order valence-electron chi connectivity index (χ0n) is 17.4. The van der Waals surface area contributed by atoms with E-state index in [1.54, 1.807) is 24.3 Å². The smallest absolute Gasteiger partial charge is 0.249 e. The van der Waals surface area contributed by atoms with Gasteiger partial charge in [-0.3, -0.25) is 10.2 Å². The van der Waals surface area contributed by atoms with Crippen LogP contribution in [0, 0.1) is 5.41 Å². The molecule has 9 heteroatoms. The van der Waals surface area contributed by atoms with Gasteiger partial charge in [0.05, 0.1) is 7.11 Å². The lowest BCUT2D eigenvalue weighted by Crippen LogP contribution is -2.12. The molecule has 1 amide bonds. The highest BCUT2D eigenvalue weighted by Gasteiger charge is 2.14. The van der Waals surface area contributed by atoms with Crippen LogP contribution < -0.4 is 30.6 Å². The minimum Gasteiger partial charge on any atom is -0.493 e. The van der Waals surface area contributed by atoms with Crippen LogP contribution in [-0.4, -0.2) is 37.9 Å². The van der Waals surface area contributed by atoms with Gasteiger partial charge in [0.15, 0.2) is 11.5 Å². The number of nitrogens with zero attached hydrogens (tertiary/aromatic N) is 2. The molecule has 3 rings (SSSR count). The Morgan fingerprint density at radius 1 is 0.935 bits per heavy atom. The molecule has 0 aliphatic carbocycles. The Kier molecular flexibility index (Phi) is 6.25. The molecule has 1 heterocycles. The van der Waals surface area contributed by atoms with Crippen molar-refractivity contribution in [2.45, 2.75) is 0 Å². The largest absolute Gasteiger partial charge is 0.493 e. The highest BCUT2D eigenvalue weighted by Crippen LogP contribution is 2.33. The maximum Gasteiger partial charge on any atom is 0.249 e. The molecule has 0 atom stereocenters. The number of primary amides is 1. The number of nitrogen functional groups attached to an aromatic ring is 1. The van der Waals surface area contributed by atoms with Crippen molar-refractivity contribution >= 4 is 17.4 Å².